The summed E-state index contributed by atoms with van der Waals surface area (Å²) in [4.78, 5) is 30.7. The molecule has 6 nitrogen and oxygen atoms in total. The van der Waals surface area contributed by atoms with Crippen molar-refractivity contribution in [2.24, 2.45) is 9.98 Å². The van der Waals surface area contributed by atoms with Crippen molar-refractivity contribution >= 4 is 66.1 Å². The van der Waals surface area contributed by atoms with Crippen LogP contribution in [0.3, 0.4) is 0 Å². The van der Waals surface area contributed by atoms with Gasteiger partial charge in [-0.05, 0) is 47.2 Å². The van der Waals surface area contributed by atoms with E-state index in [0.29, 0.717) is 45.6 Å². The minimum absolute atomic E-state index is 0.643. The summed E-state index contributed by atoms with van der Waals surface area (Å²) in [5.74, 6) is 0. The summed E-state index contributed by atoms with van der Waals surface area (Å²) in [6.07, 6.45) is 3.78. The monoisotopic (exact) mass is 562 g/mol. The van der Waals surface area contributed by atoms with E-state index in [0.717, 1.165) is 43.4 Å². The molecule has 0 aliphatic carbocycles. The van der Waals surface area contributed by atoms with E-state index in [1.807, 2.05) is 73.1 Å². The van der Waals surface area contributed by atoms with Crippen LogP contribution in [0.15, 0.2) is 144 Å². The first-order valence-corrected chi connectivity index (χ1v) is 14.4. The van der Waals surface area contributed by atoms with E-state index in [1.54, 1.807) is 0 Å². The Kier molecular flexibility index (Phi) is 5.40. The molecule has 4 aromatic heterocycles. The minimum Gasteiger partial charge on any atom is -0.254 e. The lowest BCUT2D eigenvalue weighted by molar-refractivity contribution is 1.23. The molecule has 0 unspecified atom stereocenters. The van der Waals surface area contributed by atoms with Gasteiger partial charge in [0.05, 0.1) is 33.8 Å². The molecule has 0 amide bonds. The Morgan fingerprint density at radius 1 is 0.364 bits per heavy atom. The number of para-hydroxylation sites is 2. The van der Waals surface area contributed by atoms with E-state index in [9.17, 15) is 0 Å². The van der Waals surface area contributed by atoms with Gasteiger partial charge >= 0.3 is 0 Å². The highest BCUT2D eigenvalue weighted by Gasteiger charge is 2.25. The maximum atomic E-state index is 5.33. The Bertz CT molecular complexity index is 2340. The lowest BCUT2D eigenvalue weighted by atomic mass is 10.0. The van der Waals surface area contributed by atoms with Crippen molar-refractivity contribution in [2.75, 3.05) is 0 Å². The number of hydrogen-bond donors (Lipinski definition) is 0. The molecule has 0 spiro atoms. The van der Waals surface area contributed by atoms with Crippen molar-refractivity contribution in [3.63, 3.8) is 0 Å². The van der Waals surface area contributed by atoms with Gasteiger partial charge in [0.25, 0.3) is 0 Å². The third kappa shape index (κ3) is 4.04. The number of pyridine rings is 4. The van der Waals surface area contributed by atoms with E-state index >= 15 is 0 Å². The van der Waals surface area contributed by atoms with Crippen molar-refractivity contribution in [3.8, 4) is 0 Å². The quantitative estimate of drug-likeness (QED) is 0.212. The molecule has 4 aromatic carbocycles. The molecule has 0 bridgehead atoms. The molecule has 0 fully saturated rings. The largest absolute Gasteiger partial charge is 0.254 e. The summed E-state index contributed by atoms with van der Waals surface area (Å²) in [6.45, 7) is 0. The van der Waals surface area contributed by atoms with Gasteiger partial charge < -0.3 is 0 Å². The number of aliphatic imine (C=N–C) groups is 2. The van der Waals surface area contributed by atoms with E-state index in [1.165, 1.54) is 0 Å². The molecule has 0 saturated carbocycles. The lowest BCUT2D eigenvalue weighted by Crippen LogP contribution is -2.15. The van der Waals surface area contributed by atoms with Crippen molar-refractivity contribution in [1.29, 1.82) is 0 Å². The van der Waals surface area contributed by atoms with Crippen LogP contribution in [0.1, 0.15) is 22.8 Å². The van der Waals surface area contributed by atoms with Crippen LogP contribution in [-0.2, 0) is 0 Å². The molecule has 9 rings (SSSR count). The van der Waals surface area contributed by atoms with Gasteiger partial charge in [-0.15, -0.1) is 0 Å². The van der Waals surface area contributed by atoms with Crippen LogP contribution >= 0.6 is 0 Å². The summed E-state index contributed by atoms with van der Waals surface area (Å²) < 4.78 is 0. The molecule has 0 radical (unpaired) electrons. The van der Waals surface area contributed by atoms with E-state index in [2.05, 4.69) is 60.7 Å². The smallest absolute Gasteiger partial charge is 0.117 e. The second-order valence-corrected chi connectivity index (χ2v) is 10.9. The highest BCUT2D eigenvalue weighted by Crippen LogP contribution is 2.35. The normalized spacial score (nSPS) is 15.2. The van der Waals surface area contributed by atoms with Gasteiger partial charge in [0, 0.05) is 33.9 Å². The van der Waals surface area contributed by atoms with E-state index < -0.39 is 0 Å². The van der Waals surface area contributed by atoms with Crippen molar-refractivity contribution in [3.05, 3.63) is 156 Å². The Morgan fingerprint density at radius 3 is 1.20 bits per heavy atom. The SMILES string of the molecule is c1ccc2cc(/C3=N/c4cc5ccccc5nc4/C(c4cc5ccccc5cn4)=N\c4cc5ccccc5nc43)ncc2c1. The van der Waals surface area contributed by atoms with Gasteiger partial charge in [-0.3, -0.25) is 9.97 Å². The molecule has 204 valence electrons. The number of nitrogens with zero attached hydrogens (tertiary/aromatic N) is 6. The molecule has 44 heavy (non-hydrogen) atoms. The third-order valence-electron chi connectivity index (χ3n) is 8.07. The molecule has 0 atom stereocenters. The second kappa shape index (κ2) is 9.71. The standard InChI is InChI=1S/C38H22N6/c1-3-13-27-21-39-31(17-23(27)9-1)35-37-33(19-25-11-5-7-15-29(25)41-37)44-36(32-18-24-10-2-4-14-28(24)22-40-32)38-34(43-35)20-26-12-6-8-16-30(26)42-38/h1-22H/b37-35?,38-36?,43-34?,43-35-,44-33?,44-36-. The summed E-state index contributed by atoms with van der Waals surface area (Å²) in [5.41, 5.74) is 7.12. The Balaban J connectivity index is 1.39. The van der Waals surface area contributed by atoms with Crippen LogP contribution in [0, 0.1) is 0 Å². The fourth-order valence-electron chi connectivity index (χ4n) is 5.86. The van der Waals surface area contributed by atoms with E-state index in [4.69, 9.17) is 29.9 Å². The van der Waals surface area contributed by atoms with Gasteiger partial charge in [0.2, 0.25) is 0 Å². The zero-order valence-corrected chi connectivity index (χ0v) is 23.4. The van der Waals surface area contributed by atoms with Gasteiger partial charge in [0.15, 0.2) is 0 Å². The van der Waals surface area contributed by atoms with Gasteiger partial charge in [-0.1, -0.05) is 84.9 Å². The predicted octanol–water partition coefficient (Wildman–Crippen LogP) is 8.53. The first-order valence-electron chi connectivity index (χ1n) is 14.4. The first-order chi connectivity index (χ1) is 21.8. The number of rotatable bonds is 2. The van der Waals surface area contributed by atoms with Gasteiger partial charge in [0.1, 0.15) is 22.8 Å². The Labute approximate surface area is 252 Å². The molecular weight excluding hydrogens is 540 g/mol. The second-order valence-electron chi connectivity index (χ2n) is 10.9. The molecule has 0 saturated heterocycles. The highest BCUT2D eigenvalue weighted by molar-refractivity contribution is 6.22. The van der Waals surface area contributed by atoms with Crippen LogP contribution in [-0.4, -0.2) is 31.4 Å². The zero-order chi connectivity index (χ0) is 29.0. The summed E-state index contributed by atoms with van der Waals surface area (Å²) >= 11 is 0. The molecule has 1 aliphatic rings. The lowest BCUT2D eigenvalue weighted by Gasteiger charge is -2.18. The number of fused-ring (bicyclic) bond motifs is 6. The first kappa shape index (κ1) is 24.5. The van der Waals surface area contributed by atoms with E-state index in [-0.39, 0.29) is 0 Å². The Morgan fingerprint density at radius 2 is 0.750 bits per heavy atom. The fraction of sp³-hybridized carbons (Fsp3) is 0. The van der Waals surface area contributed by atoms with Crippen LogP contribution in [0.25, 0.3) is 43.4 Å². The molecule has 1 aliphatic heterocycles. The third-order valence-corrected chi connectivity index (χ3v) is 8.07. The molecule has 6 heteroatoms. The molecule has 0 N–H and O–H groups in total. The maximum absolute atomic E-state index is 5.33. The maximum Gasteiger partial charge on any atom is 0.117 e. The number of benzene rings is 4. The van der Waals surface area contributed by atoms with Gasteiger partial charge in [-0.2, -0.15) is 0 Å². The van der Waals surface area contributed by atoms with Crippen LogP contribution < -0.4 is 0 Å². The zero-order valence-electron chi connectivity index (χ0n) is 23.4. The van der Waals surface area contributed by atoms with Crippen molar-refractivity contribution in [2.45, 2.75) is 0 Å². The van der Waals surface area contributed by atoms with Crippen molar-refractivity contribution < 1.29 is 0 Å². The summed E-state index contributed by atoms with van der Waals surface area (Å²) in [7, 11) is 0. The highest BCUT2D eigenvalue weighted by atomic mass is 14.9. The molecular formula is C38H22N6. The van der Waals surface area contributed by atoms with Crippen molar-refractivity contribution in [1.82, 2.24) is 19.9 Å². The topological polar surface area (TPSA) is 76.3 Å². The molecule has 8 aromatic rings. The van der Waals surface area contributed by atoms with Crippen LogP contribution in [0.4, 0.5) is 11.4 Å². The number of aromatic nitrogens is 4. The minimum atomic E-state index is 0.643. The average molecular weight is 563 g/mol. The van der Waals surface area contributed by atoms with Crippen LogP contribution in [0.2, 0.25) is 0 Å². The van der Waals surface area contributed by atoms with Crippen LogP contribution in [0.5, 0.6) is 0 Å². The Hall–Kier alpha value is -6.14. The molecule has 5 heterocycles. The fourth-order valence-corrected chi connectivity index (χ4v) is 5.86. The van der Waals surface area contributed by atoms with Gasteiger partial charge in [-0.25, -0.2) is 20.0 Å². The number of hydrogen-bond acceptors (Lipinski definition) is 6. The summed E-state index contributed by atoms with van der Waals surface area (Å²) in [6, 6.07) is 40.8. The summed E-state index contributed by atoms with van der Waals surface area (Å²) in [5, 5.41) is 6.24. The predicted molar refractivity (Wildman–Crippen MR) is 178 cm³/mol. The average Bonchev–Trinajstić information content (AvgIpc) is 3.08.